The van der Waals surface area contributed by atoms with Crippen LogP contribution in [-0.2, 0) is 20.4 Å². The van der Waals surface area contributed by atoms with E-state index in [0.717, 1.165) is 43.2 Å². The van der Waals surface area contributed by atoms with Crippen molar-refractivity contribution in [2.75, 3.05) is 13.1 Å². The topological polar surface area (TPSA) is 58.2 Å². The fourth-order valence-electron chi connectivity index (χ4n) is 3.85. The Bertz CT molecular complexity index is 948. The van der Waals surface area contributed by atoms with E-state index >= 15 is 0 Å². The average molecular weight is 503 g/mol. The number of hydrogen-bond donors (Lipinski definition) is 2. The summed E-state index contributed by atoms with van der Waals surface area (Å²) in [5, 5.41) is 5.91. The minimum atomic E-state index is -0.0548. The van der Waals surface area contributed by atoms with Gasteiger partial charge in [0.25, 0.3) is 0 Å². The summed E-state index contributed by atoms with van der Waals surface area (Å²) in [6, 6.07) is 16.7. The molecule has 2 N–H and O–H groups in total. The van der Waals surface area contributed by atoms with Crippen LogP contribution in [0.3, 0.4) is 0 Å². The highest BCUT2D eigenvalue weighted by molar-refractivity contribution is 5.92. The summed E-state index contributed by atoms with van der Waals surface area (Å²) in [7, 11) is 0. The number of carbonyl (C=O) groups is 2. The van der Waals surface area contributed by atoms with E-state index in [0.29, 0.717) is 13.1 Å². The third-order valence-corrected chi connectivity index (χ3v) is 6.36. The lowest BCUT2D eigenvalue weighted by molar-refractivity contribution is -0.117. The summed E-state index contributed by atoms with van der Waals surface area (Å²) in [5.41, 5.74) is 4.88. The molecule has 0 aliphatic rings. The van der Waals surface area contributed by atoms with Crippen molar-refractivity contribution in [3.05, 3.63) is 82.9 Å². The van der Waals surface area contributed by atoms with Crippen molar-refractivity contribution < 1.29 is 9.59 Å². The van der Waals surface area contributed by atoms with Crippen molar-refractivity contribution in [2.45, 2.75) is 84.5 Å². The summed E-state index contributed by atoms with van der Waals surface area (Å²) in [6.07, 6.45) is 12.1. The van der Waals surface area contributed by atoms with Crippen LogP contribution in [0.5, 0.6) is 0 Å². The Morgan fingerprint density at radius 2 is 0.892 bits per heavy atom. The summed E-state index contributed by atoms with van der Waals surface area (Å²) in [5.74, 6) is -0.110. The van der Waals surface area contributed by atoms with E-state index in [9.17, 15) is 9.59 Å². The summed E-state index contributed by atoms with van der Waals surface area (Å²) in [6.45, 7) is 14.5. The minimum absolute atomic E-state index is 0.0548. The van der Waals surface area contributed by atoms with Gasteiger partial charge in [-0.15, -0.1) is 0 Å². The van der Waals surface area contributed by atoms with E-state index in [2.05, 4.69) is 101 Å². The van der Waals surface area contributed by atoms with Crippen molar-refractivity contribution in [3.63, 3.8) is 0 Å². The van der Waals surface area contributed by atoms with Gasteiger partial charge in [-0.2, -0.15) is 0 Å². The molecule has 2 amide bonds. The van der Waals surface area contributed by atoms with Gasteiger partial charge in [-0.3, -0.25) is 9.59 Å². The monoisotopic (exact) mass is 502 g/mol. The van der Waals surface area contributed by atoms with Crippen molar-refractivity contribution in [2.24, 2.45) is 0 Å². The lowest BCUT2D eigenvalue weighted by Crippen LogP contribution is -2.22. The summed E-state index contributed by atoms with van der Waals surface area (Å²) < 4.78 is 0. The minimum Gasteiger partial charge on any atom is -0.353 e. The van der Waals surface area contributed by atoms with Crippen LogP contribution >= 0.6 is 0 Å². The first-order valence-electron chi connectivity index (χ1n) is 13.6. The highest BCUT2D eigenvalue weighted by atomic mass is 16.2. The van der Waals surface area contributed by atoms with Crippen LogP contribution in [-0.4, -0.2) is 24.9 Å². The summed E-state index contributed by atoms with van der Waals surface area (Å²) >= 11 is 0. The maximum absolute atomic E-state index is 12.0. The van der Waals surface area contributed by atoms with Gasteiger partial charge in [-0.05, 0) is 58.1 Å². The van der Waals surface area contributed by atoms with Gasteiger partial charge in [0.05, 0.1) is 0 Å². The molecule has 0 unspecified atom stereocenters. The van der Waals surface area contributed by atoms with Gasteiger partial charge in [-0.25, -0.2) is 0 Å². The Kier molecular flexibility index (Phi) is 11.8. The fourth-order valence-corrected chi connectivity index (χ4v) is 3.85. The zero-order valence-corrected chi connectivity index (χ0v) is 23.7. The molecule has 2 rings (SSSR count). The van der Waals surface area contributed by atoms with Crippen molar-refractivity contribution in [1.29, 1.82) is 0 Å². The van der Waals surface area contributed by atoms with E-state index < -0.39 is 0 Å². The van der Waals surface area contributed by atoms with Crippen molar-refractivity contribution >= 4 is 24.0 Å². The first-order valence-corrected chi connectivity index (χ1v) is 13.6. The molecule has 0 aliphatic carbocycles. The molecule has 4 heteroatoms. The second-order valence-corrected chi connectivity index (χ2v) is 11.8. The smallest absolute Gasteiger partial charge is 0.243 e. The maximum atomic E-state index is 12.0. The van der Waals surface area contributed by atoms with Gasteiger partial charge < -0.3 is 10.6 Å². The predicted octanol–water partition coefficient (Wildman–Crippen LogP) is 7.19. The molecule has 0 fully saturated rings. The zero-order chi connectivity index (χ0) is 27.3. The maximum Gasteiger partial charge on any atom is 0.243 e. The molecule has 4 nitrogen and oxygen atoms in total. The molecule has 0 atom stereocenters. The Morgan fingerprint density at radius 1 is 0.568 bits per heavy atom. The molecule has 0 saturated heterocycles. The van der Waals surface area contributed by atoms with Gasteiger partial charge in [-0.1, -0.05) is 109 Å². The number of amides is 2. The SMILES string of the molecule is CC(C)(C)c1ccc(/C=C/C(=O)NCCCCCCCNC(=O)/C=C/c2ccc(C(C)(C)C)cc2)cc1. The lowest BCUT2D eigenvalue weighted by atomic mass is 9.87. The first kappa shape index (κ1) is 30.1. The Balaban J connectivity index is 1.51. The van der Waals surface area contributed by atoms with Crippen molar-refractivity contribution in [1.82, 2.24) is 10.6 Å². The van der Waals surface area contributed by atoms with Crippen LogP contribution < -0.4 is 10.6 Å². The van der Waals surface area contributed by atoms with Crippen LogP contribution in [0.2, 0.25) is 0 Å². The number of rotatable bonds is 12. The number of hydrogen-bond acceptors (Lipinski definition) is 2. The highest BCUT2D eigenvalue weighted by Gasteiger charge is 2.13. The van der Waals surface area contributed by atoms with E-state index in [1.54, 1.807) is 12.2 Å². The van der Waals surface area contributed by atoms with Gasteiger partial charge in [0, 0.05) is 25.2 Å². The molecule has 0 bridgehead atoms. The van der Waals surface area contributed by atoms with Crippen molar-refractivity contribution in [3.8, 4) is 0 Å². The predicted molar refractivity (Wildman–Crippen MR) is 157 cm³/mol. The first-order chi connectivity index (χ1) is 17.4. The molecule has 2 aromatic carbocycles. The van der Waals surface area contributed by atoms with E-state index in [1.165, 1.54) is 11.1 Å². The second kappa shape index (κ2) is 14.6. The van der Waals surface area contributed by atoms with Crippen LogP contribution in [0.4, 0.5) is 0 Å². The van der Waals surface area contributed by atoms with Gasteiger partial charge in [0.1, 0.15) is 0 Å². The molecule has 200 valence electrons. The average Bonchev–Trinajstić information content (AvgIpc) is 2.84. The third kappa shape index (κ3) is 12.1. The molecule has 0 saturated carbocycles. The van der Waals surface area contributed by atoms with Crippen LogP contribution in [0, 0.1) is 0 Å². The fraction of sp³-hybridized carbons (Fsp3) is 0.455. The zero-order valence-electron chi connectivity index (χ0n) is 23.7. The van der Waals surface area contributed by atoms with Gasteiger partial charge >= 0.3 is 0 Å². The highest BCUT2D eigenvalue weighted by Crippen LogP contribution is 2.23. The number of nitrogens with one attached hydrogen (secondary N) is 2. The van der Waals surface area contributed by atoms with E-state index in [4.69, 9.17) is 0 Å². The molecule has 0 radical (unpaired) electrons. The molecule has 0 aliphatic heterocycles. The largest absolute Gasteiger partial charge is 0.353 e. The molecule has 0 aromatic heterocycles. The normalized spacial score (nSPS) is 12.3. The molecular weight excluding hydrogens is 456 g/mol. The molecule has 0 spiro atoms. The Morgan fingerprint density at radius 3 is 1.22 bits per heavy atom. The number of carbonyl (C=O) groups excluding carboxylic acids is 2. The lowest BCUT2D eigenvalue weighted by Gasteiger charge is -2.18. The van der Waals surface area contributed by atoms with Gasteiger partial charge in [0.15, 0.2) is 0 Å². The molecular formula is C33H46N2O2. The van der Waals surface area contributed by atoms with E-state index in [1.807, 2.05) is 12.2 Å². The Hall–Kier alpha value is -3.14. The molecule has 0 heterocycles. The standard InChI is InChI=1S/C33H46N2O2/c1-32(2,3)28-18-12-26(13-19-28)16-22-30(36)34-24-10-8-7-9-11-25-35-31(37)23-17-27-14-20-29(21-15-27)33(4,5)6/h12-23H,7-11,24-25H2,1-6H3,(H,34,36)(H,35,37)/b22-16+,23-17+. The number of unbranched alkanes of at least 4 members (excludes halogenated alkanes) is 4. The molecule has 37 heavy (non-hydrogen) atoms. The van der Waals surface area contributed by atoms with E-state index in [-0.39, 0.29) is 22.6 Å². The summed E-state index contributed by atoms with van der Waals surface area (Å²) in [4.78, 5) is 24.1. The second-order valence-electron chi connectivity index (χ2n) is 11.8. The van der Waals surface area contributed by atoms with Crippen LogP contribution in [0.15, 0.2) is 60.7 Å². The quantitative estimate of drug-likeness (QED) is 0.238. The Labute approximate surface area is 224 Å². The molecule has 2 aromatic rings. The third-order valence-electron chi connectivity index (χ3n) is 6.36. The van der Waals surface area contributed by atoms with Crippen LogP contribution in [0.25, 0.3) is 12.2 Å². The number of benzene rings is 2. The van der Waals surface area contributed by atoms with Gasteiger partial charge in [0.2, 0.25) is 11.8 Å². The van der Waals surface area contributed by atoms with Crippen LogP contribution in [0.1, 0.15) is 95.9 Å².